The van der Waals surface area contributed by atoms with E-state index in [1.165, 1.54) is 21.5 Å². The molecule has 0 aliphatic rings. The average Bonchev–Trinajstić information content (AvgIpc) is 3.26. The van der Waals surface area contributed by atoms with Gasteiger partial charge in [-0.15, -0.1) is 10.2 Å². The quantitative estimate of drug-likeness (QED) is 0.302. The number of hydrogen-bond donors (Lipinski definition) is 0. The van der Waals surface area contributed by atoms with Crippen molar-refractivity contribution in [1.82, 2.24) is 30.0 Å². The minimum Gasteiger partial charge on any atom is -0.290 e. The third-order valence-electron chi connectivity index (χ3n) is 4.18. The van der Waals surface area contributed by atoms with Crippen molar-refractivity contribution in [3.63, 3.8) is 0 Å². The lowest BCUT2D eigenvalue weighted by atomic mass is 10.2. The molecule has 4 rings (SSSR count). The minimum atomic E-state index is -0.477. The fourth-order valence-electron chi connectivity index (χ4n) is 2.79. The highest BCUT2D eigenvalue weighted by molar-refractivity contribution is 5.95. The molecular weight excluding hydrogens is 350 g/mol. The number of aromatic nitrogens is 6. The Labute approximate surface area is 152 Å². The molecule has 0 spiro atoms. The number of carbonyl (C=O) groups excluding carboxylic acids is 1. The van der Waals surface area contributed by atoms with Crippen LogP contribution in [0.4, 0.5) is 5.69 Å². The third-order valence-corrected chi connectivity index (χ3v) is 4.18. The fourth-order valence-corrected chi connectivity index (χ4v) is 2.79. The van der Waals surface area contributed by atoms with Gasteiger partial charge in [-0.25, -0.2) is 9.36 Å². The van der Waals surface area contributed by atoms with E-state index in [4.69, 9.17) is 0 Å². The molecule has 0 amide bonds. The van der Waals surface area contributed by atoms with E-state index in [0.29, 0.717) is 16.9 Å². The first-order valence-electron chi connectivity index (χ1n) is 8.03. The molecule has 10 nitrogen and oxygen atoms in total. The van der Waals surface area contributed by atoms with E-state index >= 15 is 0 Å². The topological polar surface area (TPSA) is 122 Å². The fraction of sp³-hybridized carbons (Fsp3) is 0.118. The molecule has 0 atom stereocenters. The maximum Gasteiger partial charge on any atom is 0.269 e. The summed E-state index contributed by atoms with van der Waals surface area (Å²) < 4.78 is 2.98. The van der Waals surface area contributed by atoms with Gasteiger partial charge in [-0.05, 0) is 31.2 Å². The Kier molecular flexibility index (Phi) is 3.92. The number of nitrogens with zero attached hydrogens (tertiary/aromatic N) is 7. The Hall–Kier alpha value is -3.95. The van der Waals surface area contributed by atoms with Gasteiger partial charge in [-0.1, -0.05) is 22.6 Å². The summed E-state index contributed by atoms with van der Waals surface area (Å²) in [7, 11) is 0. The van der Waals surface area contributed by atoms with Crippen LogP contribution in [-0.4, -0.2) is 40.7 Å². The number of nitro benzene ring substituents is 1. The average molecular weight is 363 g/mol. The number of fused-ring (bicyclic) bond motifs is 1. The van der Waals surface area contributed by atoms with Crippen LogP contribution in [-0.2, 0) is 6.54 Å². The van der Waals surface area contributed by atoms with Crippen LogP contribution in [0, 0.1) is 17.0 Å². The second-order valence-electron chi connectivity index (χ2n) is 5.87. The Bertz CT molecular complexity index is 1160. The van der Waals surface area contributed by atoms with Crippen molar-refractivity contribution in [2.45, 2.75) is 13.5 Å². The summed E-state index contributed by atoms with van der Waals surface area (Å²) in [4.78, 5) is 23.0. The van der Waals surface area contributed by atoms with Crippen LogP contribution in [0.15, 0.2) is 48.5 Å². The van der Waals surface area contributed by atoms with Crippen LogP contribution in [0.5, 0.6) is 0 Å². The van der Waals surface area contributed by atoms with E-state index in [1.54, 1.807) is 19.1 Å². The first kappa shape index (κ1) is 16.5. The molecule has 0 aliphatic heterocycles. The molecule has 10 heteroatoms. The maximum absolute atomic E-state index is 12.7. The lowest BCUT2D eigenvalue weighted by molar-refractivity contribution is -0.384. The van der Waals surface area contributed by atoms with E-state index in [2.05, 4.69) is 20.6 Å². The monoisotopic (exact) mass is 363 g/mol. The lowest BCUT2D eigenvalue weighted by Gasteiger charge is -2.04. The van der Waals surface area contributed by atoms with Crippen molar-refractivity contribution in [2.24, 2.45) is 0 Å². The molecule has 2 heterocycles. The zero-order chi connectivity index (χ0) is 19.0. The SMILES string of the molecule is Cc1c(C(=O)Cn2nnc3ccccc32)nnn1-c1ccc([N+](=O)[O-])cc1. The first-order valence-corrected chi connectivity index (χ1v) is 8.03. The molecule has 0 N–H and O–H groups in total. The smallest absolute Gasteiger partial charge is 0.269 e. The Balaban J connectivity index is 1.61. The summed E-state index contributed by atoms with van der Waals surface area (Å²) in [5.41, 5.74) is 2.77. The molecule has 0 radical (unpaired) electrons. The molecular formula is C17H13N7O3. The van der Waals surface area contributed by atoms with Gasteiger partial charge in [0.1, 0.15) is 12.1 Å². The normalized spacial score (nSPS) is 11.0. The molecule has 134 valence electrons. The van der Waals surface area contributed by atoms with Gasteiger partial charge >= 0.3 is 0 Å². The molecule has 4 aromatic rings. The number of Topliss-reactive ketones (excluding diaryl/α,β-unsaturated/α-hetero) is 1. The standard InChI is InChI=1S/C17H13N7O3/c1-11-17(16(25)10-22-15-5-3-2-4-14(15)18-20-22)19-21-23(11)12-6-8-13(9-7-12)24(26)27/h2-9H,10H2,1H3. The van der Waals surface area contributed by atoms with Gasteiger partial charge in [-0.2, -0.15) is 0 Å². The zero-order valence-electron chi connectivity index (χ0n) is 14.2. The summed E-state index contributed by atoms with van der Waals surface area (Å²) >= 11 is 0. The van der Waals surface area contributed by atoms with Crippen LogP contribution in [0.3, 0.4) is 0 Å². The molecule has 2 aromatic heterocycles. The number of para-hydroxylation sites is 1. The van der Waals surface area contributed by atoms with E-state index in [-0.39, 0.29) is 23.7 Å². The van der Waals surface area contributed by atoms with Crippen molar-refractivity contribution in [2.75, 3.05) is 0 Å². The number of ketones is 1. The molecule has 0 aliphatic carbocycles. The van der Waals surface area contributed by atoms with Crippen molar-refractivity contribution in [1.29, 1.82) is 0 Å². The number of benzene rings is 2. The maximum atomic E-state index is 12.7. The van der Waals surface area contributed by atoms with Crippen LogP contribution in [0.1, 0.15) is 16.2 Å². The predicted octanol–water partition coefficient (Wildman–Crippen LogP) is 2.11. The van der Waals surface area contributed by atoms with Crippen LogP contribution in [0.2, 0.25) is 0 Å². The van der Waals surface area contributed by atoms with E-state index < -0.39 is 4.92 Å². The molecule has 0 saturated heterocycles. The van der Waals surface area contributed by atoms with Gasteiger partial charge in [0.2, 0.25) is 5.78 Å². The van der Waals surface area contributed by atoms with Gasteiger partial charge in [0.25, 0.3) is 5.69 Å². The molecule has 0 fully saturated rings. The van der Waals surface area contributed by atoms with Crippen molar-refractivity contribution in [3.8, 4) is 5.69 Å². The third kappa shape index (κ3) is 2.92. The van der Waals surface area contributed by atoms with Crippen LogP contribution >= 0.6 is 0 Å². The largest absolute Gasteiger partial charge is 0.290 e. The Morgan fingerprint density at radius 3 is 2.56 bits per heavy atom. The van der Waals surface area contributed by atoms with Gasteiger partial charge in [0, 0.05) is 12.1 Å². The van der Waals surface area contributed by atoms with Gasteiger partial charge in [-0.3, -0.25) is 14.9 Å². The van der Waals surface area contributed by atoms with Crippen molar-refractivity contribution < 1.29 is 9.72 Å². The molecule has 2 aromatic carbocycles. The van der Waals surface area contributed by atoms with E-state index in [0.717, 1.165) is 5.52 Å². The lowest BCUT2D eigenvalue weighted by Crippen LogP contribution is -2.13. The van der Waals surface area contributed by atoms with Gasteiger partial charge < -0.3 is 0 Å². The minimum absolute atomic E-state index is 0.0136. The summed E-state index contributed by atoms with van der Waals surface area (Å²) in [6.07, 6.45) is 0. The Morgan fingerprint density at radius 2 is 1.81 bits per heavy atom. The second-order valence-corrected chi connectivity index (χ2v) is 5.87. The van der Waals surface area contributed by atoms with Crippen LogP contribution < -0.4 is 0 Å². The summed E-state index contributed by atoms with van der Waals surface area (Å²) in [5, 5.41) is 26.8. The highest BCUT2D eigenvalue weighted by atomic mass is 16.6. The highest BCUT2D eigenvalue weighted by Crippen LogP contribution is 2.18. The highest BCUT2D eigenvalue weighted by Gasteiger charge is 2.19. The van der Waals surface area contributed by atoms with Gasteiger partial charge in [0.15, 0.2) is 5.69 Å². The Morgan fingerprint density at radius 1 is 1.07 bits per heavy atom. The number of nitro groups is 1. The zero-order valence-corrected chi connectivity index (χ0v) is 14.2. The molecule has 27 heavy (non-hydrogen) atoms. The van der Waals surface area contributed by atoms with Crippen molar-refractivity contribution in [3.05, 3.63) is 70.0 Å². The molecule has 0 saturated carbocycles. The summed E-state index contributed by atoms with van der Waals surface area (Å²) in [5.74, 6) is -0.253. The number of non-ortho nitro benzene ring substituents is 1. The molecule has 0 unspecified atom stereocenters. The summed E-state index contributed by atoms with van der Waals surface area (Å²) in [6, 6.07) is 13.2. The summed E-state index contributed by atoms with van der Waals surface area (Å²) in [6.45, 7) is 1.70. The number of hydrogen-bond acceptors (Lipinski definition) is 7. The second kappa shape index (κ2) is 6.41. The number of rotatable bonds is 5. The van der Waals surface area contributed by atoms with E-state index in [1.807, 2.05) is 24.3 Å². The van der Waals surface area contributed by atoms with Crippen LogP contribution in [0.25, 0.3) is 16.7 Å². The van der Waals surface area contributed by atoms with Gasteiger partial charge in [0.05, 0.1) is 21.8 Å². The first-order chi connectivity index (χ1) is 13.0. The van der Waals surface area contributed by atoms with E-state index in [9.17, 15) is 14.9 Å². The molecule has 0 bridgehead atoms. The number of carbonyl (C=O) groups is 1. The van der Waals surface area contributed by atoms with Crippen molar-refractivity contribution >= 4 is 22.5 Å². The predicted molar refractivity (Wildman–Crippen MR) is 94.6 cm³/mol.